The maximum atomic E-state index is 12.7. The van der Waals surface area contributed by atoms with Crippen LogP contribution in [0.4, 0.5) is 4.79 Å². The first kappa shape index (κ1) is 22.1. The number of fused-ring (bicyclic) bond motifs is 2. The minimum absolute atomic E-state index is 0.183. The zero-order chi connectivity index (χ0) is 22.7. The number of nitrogens with zero attached hydrogens (tertiary/aromatic N) is 4. The Morgan fingerprint density at radius 1 is 1.28 bits per heavy atom. The Morgan fingerprint density at radius 3 is 2.66 bits per heavy atom. The van der Waals surface area contributed by atoms with E-state index >= 15 is 0 Å². The van der Waals surface area contributed by atoms with Gasteiger partial charge in [-0.3, -0.25) is 10.1 Å². The number of aromatic nitrogens is 3. The Labute approximate surface area is 189 Å². The Bertz CT molecular complexity index is 938. The van der Waals surface area contributed by atoms with E-state index < -0.39 is 5.60 Å². The summed E-state index contributed by atoms with van der Waals surface area (Å²) in [7, 11) is 1.78. The fourth-order valence-corrected chi connectivity index (χ4v) is 4.65. The summed E-state index contributed by atoms with van der Waals surface area (Å²) in [4.78, 5) is 23.3. The highest BCUT2D eigenvalue weighted by atomic mass is 16.6. The fraction of sp³-hybridized carbons (Fsp3) is 0.565. The first-order valence-electron chi connectivity index (χ1n) is 11.3. The summed E-state index contributed by atoms with van der Waals surface area (Å²) in [5.74, 6) is 1.52. The van der Waals surface area contributed by atoms with Crippen molar-refractivity contribution in [2.24, 2.45) is 4.99 Å². The van der Waals surface area contributed by atoms with Gasteiger partial charge in [0.2, 0.25) is 0 Å². The molecule has 0 spiro atoms. The van der Waals surface area contributed by atoms with Crippen molar-refractivity contribution in [2.75, 3.05) is 7.05 Å². The lowest BCUT2D eigenvalue weighted by Crippen LogP contribution is -2.54. The number of hydrogen-bond acceptors (Lipinski definition) is 5. The number of carbonyl (C=O) groups excluding carboxylic acids is 1. The van der Waals surface area contributed by atoms with Crippen LogP contribution in [0.3, 0.4) is 0 Å². The second kappa shape index (κ2) is 9.18. The maximum absolute atomic E-state index is 12.7. The summed E-state index contributed by atoms with van der Waals surface area (Å²) < 4.78 is 5.64. The van der Waals surface area contributed by atoms with Crippen molar-refractivity contribution in [3.05, 3.63) is 36.2 Å². The fourth-order valence-electron chi connectivity index (χ4n) is 4.65. The Kier molecular flexibility index (Phi) is 6.34. The van der Waals surface area contributed by atoms with E-state index in [1.165, 1.54) is 6.33 Å². The number of hydrogen-bond donors (Lipinski definition) is 3. The number of H-pyrrole nitrogens is 1. The predicted molar refractivity (Wildman–Crippen MR) is 123 cm³/mol. The molecule has 2 aromatic rings. The van der Waals surface area contributed by atoms with Crippen LogP contribution in [0.5, 0.6) is 0 Å². The summed E-state index contributed by atoms with van der Waals surface area (Å²) >= 11 is 0. The average molecular weight is 440 g/mol. The Morgan fingerprint density at radius 2 is 2.03 bits per heavy atom. The Hall–Kier alpha value is -3.10. The number of amides is 1. The topological polar surface area (TPSA) is 108 Å². The molecule has 2 unspecified atom stereocenters. The quantitative estimate of drug-likeness (QED) is 0.499. The van der Waals surface area contributed by atoms with Crippen LogP contribution in [-0.2, 0) is 11.3 Å². The van der Waals surface area contributed by atoms with Crippen LogP contribution in [-0.4, -0.2) is 62.9 Å². The van der Waals surface area contributed by atoms with Crippen LogP contribution in [0.25, 0.3) is 11.4 Å². The molecule has 4 rings (SSSR count). The van der Waals surface area contributed by atoms with Gasteiger partial charge in [-0.2, -0.15) is 5.10 Å². The van der Waals surface area contributed by atoms with E-state index in [0.29, 0.717) is 6.54 Å². The first-order valence-corrected chi connectivity index (χ1v) is 11.3. The molecule has 0 radical (unpaired) electrons. The molecular formula is C23H33N7O2. The smallest absolute Gasteiger partial charge is 0.410 e. The van der Waals surface area contributed by atoms with Gasteiger partial charge < -0.3 is 20.3 Å². The number of nitrogens with one attached hydrogen (secondary N) is 3. The van der Waals surface area contributed by atoms with Gasteiger partial charge in [-0.15, -0.1) is 0 Å². The maximum Gasteiger partial charge on any atom is 0.410 e. The minimum Gasteiger partial charge on any atom is -0.444 e. The molecule has 2 bridgehead atoms. The Balaban J connectivity index is 1.32. The van der Waals surface area contributed by atoms with Crippen molar-refractivity contribution in [3.8, 4) is 11.4 Å². The lowest BCUT2D eigenvalue weighted by molar-refractivity contribution is 0.00545. The lowest BCUT2D eigenvalue weighted by atomic mass is 9.98. The van der Waals surface area contributed by atoms with Gasteiger partial charge in [0.05, 0.1) is 0 Å². The SMILES string of the molecule is CN=C(NCc1cccc(-c2ncn[nH]2)c1)NC1CC2CCC(C1)N2C(=O)OC(C)(C)C. The van der Waals surface area contributed by atoms with Crippen LogP contribution in [0.15, 0.2) is 35.6 Å². The second-order valence-electron chi connectivity index (χ2n) is 9.55. The first-order chi connectivity index (χ1) is 15.3. The molecule has 1 amide bonds. The largest absolute Gasteiger partial charge is 0.444 e. The number of guanidine groups is 1. The molecule has 2 fully saturated rings. The van der Waals surface area contributed by atoms with Crippen molar-refractivity contribution in [1.82, 2.24) is 30.7 Å². The van der Waals surface area contributed by atoms with Crippen molar-refractivity contribution < 1.29 is 9.53 Å². The van der Waals surface area contributed by atoms with E-state index in [-0.39, 0.29) is 24.2 Å². The molecule has 9 heteroatoms. The normalized spacial score (nSPS) is 23.2. The van der Waals surface area contributed by atoms with Crippen molar-refractivity contribution >= 4 is 12.1 Å². The summed E-state index contributed by atoms with van der Waals surface area (Å²) in [5, 5.41) is 13.8. The van der Waals surface area contributed by atoms with E-state index in [9.17, 15) is 4.79 Å². The van der Waals surface area contributed by atoms with E-state index in [2.05, 4.69) is 42.9 Å². The number of ether oxygens (including phenoxy) is 1. The van der Waals surface area contributed by atoms with E-state index in [1.54, 1.807) is 7.05 Å². The van der Waals surface area contributed by atoms with E-state index in [4.69, 9.17) is 4.74 Å². The van der Waals surface area contributed by atoms with Gasteiger partial charge in [0.25, 0.3) is 0 Å². The lowest BCUT2D eigenvalue weighted by Gasteiger charge is -2.40. The van der Waals surface area contributed by atoms with Crippen LogP contribution in [0, 0.1) is 0 Å². The molecule has 1 aromatic heterocycles. The van der Waals surface area contributed by atoms with E-state index in [1.807, 2.05) is 37.8 Å². The monoisotopic (exact) mass is 439 g/mol. The van der Waals surface area contributed by atoms with Gasteiger partial charge in [0, 0.05) is 37.3 Å². The average Bonchev–Trinajstić information content (AvgIpc) is 3.37. The molecular weight excluding hydrogens is 406 g/mol. The molecule has 3 N–H and O–H groups in total. The number of rotatable bonds is 4. The zero-order valence-electron chi connectivity index (χ0n) is 19.3. The van der Waals surface area contributed by atoms with Crippen LogP contribution in [0.2, 0.25) is 0 Å². The highest BCUT2D eigenvalue weighted by molar-refractivity contribution is 5.80. The summed E-state index contributed by atoms with van der Waals surface area (Å²) in [5.41, 5.74) is 1.65. The molecule has 0 saturated carbocycles. The van der Waals surface area contributed by atoms with Crippen LogP contribution in [0.1, 0.15) is 52.0 Å². The van der Waals surface area contributed by atoms with Gasteiger partial charge in [0.15, 0.2) is 11.8 Å². The number of benzene rings is 1. The van der Waals surface area contributed by atoms with Gasteiger partial charge in [0.1, 0.15) is 11.9 Å². The standard InChI is InChI=1S/C23H33N7O2/c1-23(2,3)32-22(31)30-18-8-9-19(30)12-17(11-18)28-21(24-4)25-13-15-6-5-7-16(10-15)20-26-14-27-29-20/h5-7,10,14,17-19H,8-9,11-13H2,1-4H3,(H2,24,25,28)(H,26,27,29). The zero-order valence-corrected chi connectivity index (χ0v) is 19.3. The highest BCUT2D eigenvalue weighted by Gasteiger charge is 2.45. The third-order valence-electron chi connectivity index (χ3n) is 5.98. The molecule has 172 valence electrons. The molecule has 0 aliphatic carbocycles. The molecule has 32 heavy (non-hydrogen) atoms. The molecule has 3 heterocycles. The number of carbonyl (C=O) groups is 1. The van der Waals surface area contributed by atoms with Crippen molar-refractivity contribution in [2.45, 2.75) is 76.7 Å². The van der Waals surface area contributed by atoms with Crippen molar-refractivity contribution in [1.29, 1.82) is 0 Å². The van der Waals surface area contributed by atoms with Gasteiger partial charge in [-0.05, 0) is 58.1 Å². The van der Waals surface area contributed by atoms with Crippen LogP contribution >= 0.6 is 0 Å². The van der Waals surface area contributed by atoms with E-state index in [0.717, 1.165) is 48.6 Å². The van der Waals surface area contributed by atoms with Gasteiger partial charge >= 0.3 is 6.09 Å². The van der Waals surface area contributed by atoms with Gasteiger partial charge in [-0.25, -0.2) is 9.78 Å². The van der Waals surface area contributed by atoms with Crippen LogP contribution < -0.4 is 10.6 Å². The molecule has 9 nitrogen and oxygen atoms in total. The highest BCUT2D eigenvalue weighted by Crippen LogP contribution is 2.36. The van der Waals surface area contributed by atoms with Gasteiger partial charge in [-0.1, -0.05) is 18.2 Å². The van der Waals surface area contributed by atoms with Crippen molar-refractivity contribution in [3.63, 3.8) is 0 Å². The third kappa shape index (κ3) is 5.20. The summed E-state index contributed by atoms with van der Waals surface area (Å²) in [6, 6.07) is 8.88. The molecule has 2 aliphatic heterocycles. The number of piperidine rings is 1. The third-order valence-corrected chi connectivity index (χ3v) is 5.98. The minimum atomic E-state index is -0.470. The predicted octanol–water partition coefficient (Wildman–Crippen LogP) is 3.07. The molecule has 2 aliphatic rings. The summed E-state index contributed by atoms with van der Waals surface area (Å²) in [6.45, 7) is 6.39. The number of aliphatic imine (C=N–C) groups is 1. The second-order valence-corrected chi connectivity index (χ2v) is 9.55. The molecule has 2 atom stereocenters. The summed E-state index contributed by atoms with van der Waals surface area (Å²) in [6.07, 6.45) is 5.19. The number of aromatic amines is 1. The molecule has 1 aromatic carbocycles. The molecule has 2 saturated heterocycles.